The fraction of sp³-hybridized carbons (Fsp3) is 0.0714. The summed E-state index contributed by atoms with van der Waals surface area (Å²) in [5.74, 6) is -0.532. The molecule has 1 aromatic carbocycles. The van der Waals surface area contributed by atoms with Crippen LogP contribution in [0, 0.1) is 28.4 Å². The number of hydrogen-bond donors (Lipinski definition) is 2. The fourth-order valence-electron chi connectivity index (χ4n) is 1.87. The summed E-state index contributed by atoms with van der Waals surface area (Å²) in [5, 5.41) is 23.8. The number of nitro groups is 1. The molecule has 0 aliphatic rings. The second-order valence-electron chi connectivity index (χ2n) is 4.42. The molecule has 0 atom stereocenters. The summed E-state index contributed by atoms with van der Waals surface area (Å²) < 4.78 is 0. The largest absolute Gasteiger partial charge is 0.389 e. The zero-order valence-electron chi connectivity index (χ0n) is 11.9. The van der Waals surface area contributed by atoms with E-state index in [1.165, 1.54) is 24.4 Å². The Labute approximate surface area is 135 Å². The first-order chi connectivity index (χ1) is 11.0. The molecule has 0 bridgehead atoms. The molecule has 3 N–H and O–H groups in total. The number of carbonyl (C=O) groups is 1. The van der Waals surface area contributed by atoms with E-state index in [0.717, 1.165) is 11.3 Å². The summed E-state index contributed by atoms with van der Waals surface area (Å²) in [5.41, 5.74) is 8.83. The molecule has 0 saturated carbocycles. The SMILES string of the molecule is Cc1c(C(=O)N/N=C/c2ccccc2[N+](=O)[O-])sc(N)c1C#N. The third kappa shape index (κ3) is 3.33. The van der Waals surface area contributed by atoms with Crippen LogP contribution in [0.4, 0.5) is 10.7 Å². The number of rotatable bonds is 4. The van der Waals surface area contributed by atoms with Gasteiger partial charge in [0, 0.05) is 6.07 Å². The number of nitrogen functional groups attached to an aromatic ring is 1. The number of carbonyl (C=O) groups excluding carboxylic acids is 1. The molecule has 1 aromatic heterocycles. The van der Waals surface area contributed by atoms with E-state index in [1.54, 1.807) is 13.0 Å². The van der Waals surface area contributed by atoms with E-state index in [1.807, 2.05) is 6.07 Å². The van der Waals surface area contributed by atoms with Crippen molar-refractivity contribution in [3.63, 3.8) is 0 Å². The summed E-state index contributed by atoms with van der Waals surface area (Å²) >= 11 is 0.989. The molecule has 0 fully saturated rings. The van der Waals surface area contributed by atoms with Gasteiger partial charge in [-0.15, -0.1) is 11.3 Å². The van der Waals surface area contributed by atoms with E-state index in [9.17, 15) is 14.9 Å². The Morgan fingerprint density at radius 1 is 1.52 bits per heavy atom. The van der Waals surface area contributed by atoms with Crippen LogP contribution in [-0.2, 0) is 0 Å². The van der Waals surface area contributed by atoms with Gasteiger partial charge in [-0.2, -0.15) is 10.4 Å². The molecular weight excluding hydrogens is 318 g/mol. The summed E-state index contributed by atoms with van der Waals surface area (Å²) in [6, 6.07) is 7.94. The van der Waals surface area contributed by atoms with Crippen molar-refractivity contribution in [3.8, 4) is 6.07 Å². The molecule has 2 aromatic rings. The number of anilines is 1. The van der Waals surface area contributed by atoms with Gasteiger partial charge in [0.05, 0.1) is 22.3 Å². The first-order valence-corrected chi connectivity index (χ1v) is 7.13. The second kappa shape index (κ2) is 6.67. The Morgan fingerprint density at radius 2 is 2.22 bits per heavy atom. The summed E-state index contributed by atoms with van der Waals surface area (Å²) in [6.07, 6.45) is 1.19. The van der Waals surface area contributed by atoms with Crippen LogP contribution in [0.5, 0.6) is 0 Å². The normalized spacial score (nSPS) is 10.4. The van der Waals surface area contributed by atoms with Crippen LogP contribution in [0.3, 0.4) is 0 Å². The van der Waals surface area contributed by atoms with Crippen LogP contribution in [0.25, 0.3) is 0 Å². The highest BCUT2D eigenvalue weighted by Gasteiger charge is 2.18. The zero-order chi connectivity index (χ0) is 17.0. The van der Waals surface area contributed by atoms with Crippen LogP contribution in [-0.4, -0.2) is 17.0 Å². The molecule has 23 heavy (non-hydrogen) atoms. The maximum atomic E-state index is 12.0. The quantitative estimate of drug-likeness (QED) is 0.503. The molecule has 0 aliphatic carbocycles. The van der Waals surface area contributed by atoms with Gasteiger partial charge >= 0.3 is 0 Å². The number of hydrogen-bond acceptors (Lipinski definition) is 7. The maximum absolute atomic E-state index is 12.0. The van der Waals surface area contributed by atoms with Gasteiger partial charge in [0.15, 0.2) is 0 Å². The van der Waals surface area contributed by atoms with Crippen molar-refractivity contribution < 1.29 is 9.72 Å². The highest BCUT2D eigenvalue weighted by atomic mass is 32.1. The molecule has 1 amide bonds. The van der Waals surface area contributed by atoms with Crippen molar-refractivity contribution in [2.24, 2.45) is 5.10 Å². The lowest BCUT2D eigenvalue weighted by molar-refractivity contribution is -0.385. The molecule has 0 spiro atoms. The van der Waals surface area contributed by atoms with Gasteiger partial charge in [-0.25, -0.2) is 5.43 Å². The average Bonchev–Trinajstić information content (AvgIpc) is 2.81. The van der Waals surface area contributed by atoms with E-state index in [2.05, 4.69) is 10.5 Å². The predicted octanol–water partition coefficient (Wildman–Crippen LogP) is 2.18. The molecule has 8 nitrogen and oxygen atoms in total. The van der Waals surface area contributed by atoms with Crippen molar-refractivity contribution in [1.29, 1.82) is 5.26 Å². The Balaban J connectivity index is 2.17. The first-order valence-electron chi connectivity index (χ1n) is 6.31. The number of amides is 1. The van der Waals surface area contributed by atoms with Crippen molar-refractivity contribution in [3.05, 3.63) is 55.9 Å². The maximum Gasteiger partial charge on any atom is 0.281 e. The van der Waals surface area contributed by atoms with Crippen LogP contribution in [0.15, 0.2) is 29.4 Å². The summed E-state index contributed by atoms with van der Waals surface area (Å²) in [6.45, 7) is 1.62. The number of hydrazone groups is 1. The van der Waals surface area contributed by atoms with E-state index in [-0.39, 0.29) is 26.7 Å². The molecule has 0 aliphatic heterocycles. The lowest BCUT2D eigenvalue weighted by atomic mass is 10.2. The highest BCUT2D eigenvalue weighted by Crippen LogP contribution is 2.29. The van der Waals surface area contributed by atoms with Gasteiger partial charge in [0.25, 0.3) is 11.6 Å². The van der Waals surface area contributed by atoms with Gasteiger partial charge in [0.2, 0.25) is 0 Å². The minimum atomic E-state index is -0.535. The van der Waals surface area contributed by atoms with E-state index in [4.69, 9.17) is 11.0 Å². The molecule has 2 rings (SSSR count). The molecule has 116 valence electrons. The van der Waals surface area contributed by atoms with Gasteiger partial charge in [-0.05, 0) is 18.6 Å². The summed E-state index contributed by atoms with van der Waals surface area (Å²) in [7, 11) is 0. The first kappa shape index (κ1) is 16.1. The van der Waals surface area contributed by atoms with E-state index in [0.29, 0.717) is 5.56 Å². The van der Waals surface area contributed by atoms with E-state index >= 15 is 0 Å². The van der Waals surface area contributed by atoms with Crippen molar-refractivity contribution in [2.75, 3.05) is 5.73 Å². The molecule has 0 saturated heterocycles. The number of para-hydroxylation sites is 1. The summed E-state index contributed by atoms with van der Waals surface area (Å²) in [4.78, 5) is 22.7. The monoisotopic (exact) mass is 329 g/mol. The van der Waals surface area contributed by atoms with Crippen LogP contribution < -0.4 is 11.2 Å². The lowest BCUT2D eigenvalue weighted by Crippen LogP contribution is -2.17. The van der Waals surface area contributed by atoms with Gasteiger partial charge < -0.3 is 5.73 Å². The zero-order valence-corrected chi connectivity index (χ0v) is 12.8. The van der Waals surface area contributed by atoms with E-state index < -0.39 is 10.8 Å². The van der Waals surface area contributed by atoms with Gasteiger partial charge in [-0.1, -0.05) is 12.1 Å². The Hall–Kier alpha value is -3.25. The lowest BCUT2D eigenvalue weighted by Gasteiger charge is -1.99. The van der Waals surface area contributed by atoms with Crippen molar-refractivity contribution in [1.82, 2.24) is 5.43 Å². The molecule has 1 heterocycles. The number of benzene rings is 1. The average molecular weight is 329 g/mol. The number of thiophene rings is 1. The Bertz CT molecular complexity index is 851. The molecule has 9 heteroatoms. The Morgan fingerprint density at radius 3 is 2.83 bits per heavy atom. The predicted molar refractivity (Wildman–Crippen MR) is 86.3 cm³/mol. The van der Waals surface area contributed by atoms with Gasteiger partial charge in [0.1, 0.15) is 15.9 Å². The number of nitriles is 1. The van der Waals surface area contributed by atoms with Gasteiger partial charge in [-0.3, -0.25) is 14.9 Å². The second-order valence-corrected chi connectivity index (χ2v) is 5.47. The topological polar surface area (TPSA) is 134 Å². The molecular formula is C14H11N5O3S. The third-order valence-corrected chi connectivity index (χ3v) is 4.11. The minimum absolute atomic E-state index is 0.117. The number of nitrogens with zero attached hydrogens (tertiary/aromatic N) is 3. The number of nitrogens with two attached hydrogens (primary N) is 1. The minimum Gasteiger partial charge on any atom is -0.389 e. The van der Waals surface area contributed by atoms with Crippen LogP contribution >= 0.6 is 11.3 Å². The molecule has 0 unspecified atom stereocenters. The molecule has 0 radical (unpaired) electrons. The highest BCUT2D eigenvalue weighted by molar-refractivity contribution is 7.18. The number of nitro benzene ring substituents is 1. The smallest absolute Gasteiger partial charge is 0.281 e. The van der Waals surface area contributed by atoms with Crippen molar-refractivity contribution >= 4 is 34.1 Å². The standard InChI is InChI=1S/C14H11N5O3S/c1-8-10(6-15)13(16)23-12(8)14(20)18-17-7-9-4-2-3-5-11(9)19(21)22/h2-5,7H,16H2,1H3,(H,18,20)/b17-7+. The van der Waals surface area contributed by atoms with Crippen LogP contribution in [0.1, 0.15) is 26.4 Å². The van der Waals surface area contributed by atoms with Crippen LogP contribution in [0.2, 0.25) is 0 Å². The number of nitrogens with one attached hydrogen (secondary N) is 1. The third-order valence-electron chi connectivity index (χ3n) is 3.00. The Kier molecular flexibility index (Phi) is 4.68. The van der Waals surface area contributed by atoms with Crippen molar-refractivity contribution in [2.45, 2.75) is 6.92 Å². The fourth-order valence-corrected chi connectivity index (χ4v) is 2.78.